The van der Waals surface area contributed by atoms with Gasteiger partial charge in [0.1, 0.15) is 11.9 Å². The first-order valence-electron chi connectivity index (χ1n) is 11.6. The molecule has 0 aromatic carbocycles. The van der Waals surface area contributed by atoms with Gasteiger partial charge in [0.2, 0.25) is 0 Å². The van der Waals surface area contributed by atoms with Crippen LogP contribution >= 0.6 is 0 Å². The first kappa shape index (κ1) is 19.0. The Morgan fingerprint density at radius 3 is 2.82 bits per heavy atom. The van der Waals surface area contributed by atoms with Crippen molar-refractivity contribution >= 4 is 11.5 Å². The lowest BCUT2D eigenvalue weighted by Gasteiger charge is -2.60. The van der Waals surface area contributed by atoms with Crippen molar-refractivity contribution in [1.82, 2.24) is 5.32 Å². The van der Waals surface area contributed by atoms with Crippen molar-refractivity contribution < 1.29 is 14.7 Å². The minimum Gasteiger partial charge on any atom is -0.396 e. The minimum atomic E-state index is -0.0743. The van der Waals surface area contributed by atoms with Gasteiger partial charge < -0.3 is 15.3 Å². The fraction of sp³-hybridized carbons (Fsp3) is 0.913. The van der Waals surface area contributed by atoms with E-state index in [-0.39, 0.29) is 16.9 Å². The molecule has 4 saturated carbocycles. The maximum Gasteiger partial charge on any atom is 0.141 e. The number of aliphatic hydroxyl groups excluding tert-OH is 1. The van der Waals surface area contributed by atoms with E-state index in [0.717, 1.165) is 64.5 Å². The third kappa shape index (κ3) is 2.79. The van der Waals surface area contributed by atoms with Crippen molar-refractivity contribution in [2.45, 2.75) is 77.2 Å². The zero-order valence-corrected chi connectivity index (χ0v) is 17.3. The number of oxime groups is 1. The molecule has 1 saturated heterocycles. The summed E-state index contributed by atoms with van der Waals surface area (Å²) in [5.41, 5.74) is 1.18. The van der Waals surface area contributed by atoms with E-state index < -0.39 is 0 Å². The summed E-state index contributed by atoms with van der Waals surface area (Å²) >= 11 is 0. The van der Waals surface area contributed by atoms with Gasteiger partial charge in [-0.2, -0.15) is 0 Å². The average Bonchev–Trinajstić information content (AvgIpc) is 3.34. The van der Waals surface area contributed by atoms with Gasteiger partial charge in [0.05, 0.1) is 5.71 Å². The summed E-state index contributed by atoms with van der Waals surface area (Å²) in [6.45, 7) is 4.47. The predicted molar refractivity (Wildman–Crippen MR) is 108 cm³/mol. The Morgan fingerprint density at radius 1 is 1.14 bits per heavy atom. The first-order chi connectivity index (χ1) is 13.6. The number of ketones is 1. The molecule has 156 valence electrons. The SMILES string of the molecule is C[C@]12CCC3C(CCC4C/C(=N/OC5CCNC5)CC[C@@]43CO)C1CCC2=O. The number of hydrogen-bond acceptors (Lipinski definition) is 5. The van der Waals surface area contributed by atoms with Crippen molar-refractivity contribution in [3.05, 3.63) is 0 Å². The molecule has 0 bridgehead atoms. The van der Waals surface area contributed by atoms with Crippen LogP contribution in [-0.2, 0) is 9.63 Å². The van der Waals surface area contributed by atoms with E-state index in [1.54, 1.807) is 0 Å². The Balaban J connectivity index is 1.33. The van der Waals surface area contributed by atoms with Crippen LogP contribution in [0.3, 0.4) is 0 Å². The van der Waals surface area contributed by atoms with Crippen LogP contribution in [0.2, 0.25) is 0 Å². The number of nitrogens with one attached hydrogen (secondary N) is 1. The molecule has 0 aromatic rings. The van der Waals surface area contributed by atoms with E-state index in [9.17, 15) is 9.90 Å². The van der Waals surface area contributed by atoms with Gasteiger partial charge >= 0.3 is 0 Å². The molecule has 4 aliphatic carbocycles. The second kappa shape index (κ2) is 7.09. The number of carbonyl (C=O) groups excluding carboxylic acids is 1. The van der Waals surface area contributed by atoms with E-state index in [2.05, 4.69) is 17.4 Å². The predicted octanol–water partition coefficient (Wildman–Crippen LogP) is 3.31. The molecule has 0 radical (unpaired) electrons. The van der Waals surface area contributed by atoms with Gasteiger partial charge in [0, 0.05) is 36.8 Å². The zero-order valence-electron chi connectivity index (χ0n) is 17.3. The Labute approximate surface area is 168 Å². The molecule has 1 aliphatic heterocycles. The molecule has 0 aromatic heterocycles. The maximum atomic E-state index is 12.6. The van der Waals surface area contributed by atoms with Crippen LogP contribution in [-0.4, -0.2) is 42.4 Å². The number of Topliss-reactive ketones (excluding diaryl/α,β-unsaturated/α-hetero) is 1. The van der Waals surface area contributed by atoms with Crippen LogP contribution in [0.15, 0.2) is 5.16 Å². The molecule has 5 rings (SSSR count). The molecule has 5 unspecified atom stereocenters. The molecular formula is C23H36N2O3. The van der Waals surface area contributed by atoms with E-state index in [4.69, 9.17) is 4.84 Å². The van der Waals surface area contributed by atoms with Crippen LogP contribution in [0.4, 0.5) is 0 Å². The normalized spacial score (nSPS) is 49.6. The lowest BCUT2D eigenvalue weighted by molar-refractivity contribution is -0.143. The number of carbonyl (C=O) groups is 1. The molecule has 7 atom stereocenters. The highest BCUT2D eigenvalue weighted by Gasteiger charge is 2.61. The largest absolute Gasteiger partial charge is 0.396 e. The first-order valence-corrected chi connectivity index (χ1v) is 11.6. The number of aliphatic hydroxyl groups is 1. The second-order valence-electron chi connectivity index (χ2n) is 10.5. The zero-order chi connectivity index (χ0) is 19.4. The highest BCUT2D eigenvalue weighted by molar-refractivity contribution is 5.87. The Kier molecular flexibility index (Phi) is 4.82. The van der Waals surface area contributed by atoms with Gasteiger partial charge in [-0.05, 0) is 81.6 Å². The second-order valence-corrected chi connectivity index (χ2v) is 10.5. The molecular weight excluding hydrogens is 352 g/mol. The third-order valence-electron chi connectivity index (χ3n) is 9.55. The van der Waals surface area contributed by atoms with Gasteiger partial charge in [-0.3, -0.25) is 4.79 Å². The number of rotatable bonds is 3. The summed E-state index contributed by atoms with van der Waals surface area (Å²) in [5, 5.41) is 18.5. The van der Waals surface area contributed by atoms with Gasteiger partial charge in [0.15, 0.2) is 0 Å². The van der Waals surface area contributed by atoms with Crippen molar-refractivity contribution in [3.63, 3.8) is 0 Å². The van der Waals surface area contributed by atoms with Crippen LogP contribution in [0, 0.1) is 34.5 Å². The van der Waals surface area contributed by atoms with Crippen LogP contribution in [0.25, 0.3) is 0 Å². The summed E-state index contributed by atoms with van der Waals surface area (Å²) in [6.07, 6.45) is 10.7. The lowest BCUT2D eigenvalue weighted by atomic mass is 9.45. The topological polar surface area (TPSA) is 70.9 Å². The van der Waals surface area contributed by atoms with E-state index >= 15 is 0 Å². The third-order valence-corrected chi connectivity index (χ3v) is 9.55. The molecule has 28 heavy (non-hydrogen) atoms. The van der Waals surface area contributed by atoms with Gasteiger partial charge in [0.25, 0.3) is 0 Å². The summed E-state index contributed by atoms with van der Waals surface area (Å²) in [7, 11) is 0. The summed E-state index contributed by atoms with van der Waals surface area (Å²) < 4.78 is 0. The molecule has 5 heteroatoms. The molecule has 5 nitrogen and oxygen atoms in total. The highest BCUT2D eigenvalue weighted by Crippen LogP contribution is 2.65. The molecule has 2 N–H and O–H groups in total. The van der Waals surface area contributed by atoms with Crippen molar-refractivity contribution in [1.29, 1.82) is 0 Å². The van der Waals surface area contributed by atoms with E-state index in [1.807, 2.05) is 0 Å². The average molecular weight is 389 g/mol. The monoisotopic (exact) mass is 388 g/mol. The van der Waals surface area contributed by atoms with Gasteiger partial charge in [-0.1, -0.05) is 12.1 Å². The standard InChI is InChI=1S/C23H36N2O3/c1-22-9-7-20-18(19(22)4-5-21(22)27)3-2-15-12-16(6-10-23(15,20)14-26)25-28-17-8-11-24-13-17/h15,17-20,24,26H,2-14H2,1H3/b25-16+/t15?,17?,18?,19?,20?,22-,23+/m0/s1. The Bertz CT molecular complexity index is 658. The molecule has 0 spiro atoms. The van der Waals surface area contributed by atoms with Crippen molar-refractivity contribution in [2.75, 3.05) is 19.7 Å². The van der Waals surface area contributed by atoms with Gasteiger partial charge in [-0.15, -0.1) is 0 Å². The van der Waals surface area contributed by atoms with Crippen LogP contribution in [0.1, 0.15) is 71.1 Å². The smallest absolute Gasteiger partial charge is 0.141 e. The summed E-state index contributed by atoms with van der Waals surface area (Å²) in [4.78, 5) is 18.4. The highest BCUT2D eigenvalue weighted by atomic mass is 16.6. The van der Waals surface area contributed by atoms with Crippen LogP contribution < -0.4 is 5.32 Å². The molecule has 1 heterocycles. The summed E-state index contributed by atoms with van der Waals surface area (Å²) in [6, 6.07) is 0. The Morgan fingerprint density at radius 2 is 2.04 bits per heavy atom. The lowest BCUT2D eigenvalue weighted by Crippen LogP contribution is -2.56. The fourth-order valence-electron chi connectivity index (χ4n) is 7.89. The van der Waals surface area contributed by atoms with Crippen molar-refractivity contribution in [3.8, 4) is 0 Å². The molecule has 5 aliphatic rings. The fourth-order valence-corrected chi connectivity index (χ4v) is 7.89. The van der Waals surface area contributed by atoms with E-state index in [1.165, 1.54) is 18.6 Å². The maximum absolute atomic E-state index is 12.6. The Hall–Kier alpha value is -0.940. The van der Waals surface area contributed by atoms with Crippen molar-refractivity contribution in [2.24, 2.45) is 39.7 Å². The van der Waals surface area contributed by atoms with Gasteiger partial charge in [-0.25, -0.2) is 0 Å². The summed E-state index contributed by atoms with van der Waals surface area (Å²) in [5.74, 6) is 2.80. The number of fused-ring (bicyclic) bond motifs is 5. The van der Waals surface area contributed by atoms with E-state index in [0.29, 0.717) is 36.1 Å². The molecule has 5 fully saturated rings. The number of hydrogen-bond donors (Lipinski definition) is 2. The minimum absolute atomic E-state index is 0.0455. The number of nitrogens with zero attached hydrogens (tertiary/aromatic N) is 1. The van der Waals surface area contributed by atoms with Crippen LogP contribution in [0.5, 0.6) is 0 Å². The quantitative estimate of drug-likeness (QED) is 0.728. The molecule has 0 amide bonds.